The number of likely N-dealkylation sites (tertiary alicyclic amines) is 1. The number of benzene rings is 1. The Balaban J connectivity index is 1.27. The van der Waals surface area contributed by atoms with Crippen molar-refractivity contribution in [1.82, 2.24) is 15.8 Å². The molecular formula is C21H21N3O6. The quantitative estimate of drug-likeness (QED) is 0.309. The van der Waals surface area contributed by atoms with E-state index in [1.165, 1.54) is 6.92 Å². The minimum Gasteiger partial charge on any atom is -0.454 e. The summed E-state index contributed by atoms with van der Waals surface area (Å²) in [4.78, 5) is 62.5. The van der Waals surface area contributed by atoms with Gasteiger partial charge in [0, 0.05) is 5.56 Å². The number of esters is 1. The molecule has 2 N–H and O–H groups in total. The number of nitrogens with zero attached hydrogens (tertiary/aromatic N) is 1. The topological polar surface area (TPSA) is 122 Å². The van der Waals surface area contributed by atoms with Gasteiger partial charge in [-0.3, -0.25) is 34.9 Å². The second-order valence-corrected chi connectivity index (χ2v) is 7.70. The Labute approximate surface area is 172 Å². The van der Waals surface area contributed by atoms with Crippen LogP contribution in [0.1, 0.15) is 23.7 Å². The molecule has 1 heterocycles. The van der Waals surface area contributed by atoms with Crippen LogP contribution >= 0.6 is 0 Å². The lowest BCUT2D eigenvalue weighted by atomic mass is 9.85. The lowest BCUT2D eigenvalue weighted by Crippen LogP contribution is -2.47. The third-order valence-corrected chi connectivity index (χ3v) is 5.93. The van der Waals surface area contributed by atoms with Crippen molar-refractivity contribution in [3.05, 3.63) is 48.0 Å². The number of ether oxygens (including phenoxy) is 1. The maximum absolute atomic E-state index is 12.7. The molecule has 3 aliphatic rings. The number of rotatable bonds is 5. The van der Waals surface area contributed by atoms with Crippen molar-refractivity contribution in [2.45, 2.75) is 19.4 Å². The Kier molecular flexibility index (Phi) is 5.11. The molecule has 2 aliphatic carbocycles. The summed E-state index contributed by atoms with van der Waals surface area (Å²) in [5.41, 5.74) is 4.70. The fourth-order valence-electron chi connectivity index (χ4n) is 4.49. The number of nitrogens with one attached hydrogen (secondary N) is 2. The second kappa shape index (κ2) is 7.74. The number of fused-ring (bicyclic) bond motifs is 5. The number of carbonyl (C=O) groups is 5. The summed E-state index contributed by atoms with van der Waals surface area (Å²) < 4.78 is 4.94. The van der Waals surface area contributed by atoms with Crippen LogP contribution in [0.3, 0.4) is 0 Å². The summed E-state index contributed by atoms with van der Waals surface area (Å²) in [5.74, 6) is -3.56. The fraction of sp³-hybridized carbons (Fsp3) is 0.381. The monoisotopic (exact) mass is 411 g/mol. The first-order chi connectivity index (χ1) is 14.4. The Morgan fingerprint density at radius 2 is 1.63 bits per heavy atom. The first-order valence-corrected chi connectivity index (χ1v) is 9.74. The Bertz CT molecular complexity index is 913. The summed E-state index contributed by atoms with van der Waals surface area (Å²) in [6.07, 6.45) is 4.74. The minimum absolute atomic E-state index is 0.0451. The van der Waals surface area contributed by atoms with Crippen LogP contribution in [-0.4, -0.2) is 47.1 Å². The van der Waals surface area contributed by atoms with Gasteiger partial charge in [-0.25, -0.2) is 4.79 Å². The summed E-state index contributed by atoms with van der Waals surface area (Å²) >= 11 is 0. The zero-order chi connectivity index (χ0) is 21.4. The van der Waals surface area contributed by atoms with Gasteiger partial charge in [-0.05, 0) is 37.3 Å². The van der Waals surface area contributed by atoms with E-state index in [0.29, 0.717) is 5.56 Å². The molecule has 30 heavy (non-hydrogen) atoms. The number of hydrazine groups is 1. The van der Waals surface area contributed by atoms with E-state index in [2.05, 4.69) is 10.9 Å². The predicted molar refractivity (Wildman–Crippen MR) is 102 cm³/mol. The third-order valence-electron chi connectivity index (χ3n) is 5.93. The first-order valence-electron chi connectivity index (χ1n) is 9.74. The molecule has 1 saturated carbocycles. The van der Waals surface area contributed by atoms with Gasteiger partial charge in [-0.2, -0.15) is 0 Å². The Morgan fingerprint density at radius 3 is 2.23 bits per heavy atom. The molecule has 9 heteroatoms. The summed E-state index contributed by atoms with van der Waals surface area (Å²) in [6, 6.07) is 7.13. The van der Waals surface area contributed by atoms with Crippen molar-refractivity contribution in [3.8, 4) is 0 Å². The van der Waals surface area contributed by atoms with E-state index in [-0.39, 0.29) is 23.7 Å². The predicted octanol–water partition coefficient (Wildman–Crippen LogP) is 0.186. The van der Waals surface area contributed by atoms with Crippen LogP contribution < -0.4 is 10.9 Å². The van der Waals surface area contributed by atoms with Crippen molar-refractivity contribution in [2.24, 2.45) is 23.7 Å². The Morgan fingerprint density at radius 1 is 1.03 bits per heavy atom. The van der Waals surface area contributed by atoms with Gasteiger partial charge >= 0.3 is 5.97 Å². The second-order valence-electron chi connectivity index (χ2n) is 7.70. The van der Waals surface area contributed by atoms with E-state index in [1.807, 2.05) is 12.2 Å². The molecule has 2 bridgehead atoms. The van der Waals surface area contributed by atoms with E-state index < -0.39 is 42.3 Å². The Hall–Kier alpha value is -3.49. The highest BCUT2D eigenvalue weighted by atomic mass is 16.5. The minimum atomic E-state index is -1.12. The molecule has 0 aromatic heterocycles. The van der Waals surface area contributed by atoms with Gasteiger partial charge in [0.15, 0.2) is 6.61 Å². The van der Waals surface area contributed by atoms with Gasteiger partial charge in [-0.15, -0.1) is 0 Å². The van der Waals surface area contributed by atoms with E-state index in [9.17, 15) is 24.0 Å². The van der Waals surface area contributed by atoms with Gasteiger partial charge < -0.3 is 4.74 Å². The number of amides is 4. The number of imide groups is 1. The standard InChI is InChI=1S/C21H21N3O6/c1-11(24-19(27)16-13-7-8-14(9-13)17(16)20(24)28)21(29)30-10-15(25)22-23-18(26)12-5-3-2-4-6-12/h2-8,11,13-14,16-17H,9-10H2,1H3,(H,22,25)(H,23,26)/t11-,13+,14+,16-,17-/m1/s1. The molecule has 156 valence electrons. The van der Waals surface area contributed by atoms with E-state index in [0.717, 1.165) is 11.3 Å². The molecule has 1 aromatic carbocycles. The van der Waals surface area contributed by atoms with Crippen LogP contribution in [0.5, 0.6) is 0 Å². The maximum Gasteiger partial charge on any atom is 0.329 e. The van der Waals surface area contributed by atoms with Gasteiger partial charge in [0.05, 0.1) is 11.8 Å². The zero-order valence-corrected chi connectivity index (χ0v) is 16.2. The van der Waals surface area contributed by atoms with Crippen LogP contribution in [-0.2, 0) is 23.9 Å². The number of carbonyl (C=O) groups excluding carboxylic acids is 5. The van der Waals surface area contributed by atoms with Crippen molar-refractivity contribution < 1.29 is 28.7 Å². The van der Waals surface area contributed by atoms with Gasteiger partial charge in [0.2, 0.25) is 11.8 Å². The van der Waals surface area contributed by atoms with E-state index in [4.69, 9.17) is 4.74 Å². The highest BCUT2D eigenvalue weighted by molar-refractivity contribution is 6.09. The SMILES string of the molecule is C[C@H](C(=O)OCC(=O)NNC(=O)c1ccccc1)N1C(=O)[C@H]2[C@H](C1=O)[C@H]1C=C[C@H]2C1. The highest BCUT2D eigenvalue weighted by Gasteiger charge is 2.60. The third kappa shape index (κ3) is 3.36. The molecule has 5 atom stereocenters. The van der Waals surface area contributed by atoms with Crippen LogP contribution in [0, 0.1) is 23.7 Å². The first kappa shape index (κ1) is 19.8. The lowest BCUT2D eigenvalue weighted by Gasteiger charge is -2.23. The molecule has 0 unspecified atom stereocenters. The molecule has 0 radical (unpaired) electrons. The lowest BCUT2D eigenvalue weighted by molar-refractivity contribution is -0.160. The zero-order valence-electron chi connectivity index (χ0n) is 16.2. The normalized spacial score (nSPS) is 27.0. The van der Waals surface area contributed by atoms with Gasteiger partial charge in [0.1, 0.15) is 6.04 Å². The smallest absolute Gasteiger partial charge is 0.329 e. The van der Waals surface area contributed by atoms with Crippen molar-refractivity contribution in [1.29, 1.82) is 0 Å². The molecular weight excluding hydrogens is 390 g/mol. The van der Waals surface area contributed by atoms with Crippen molar-refractivity contribution >= 4 is 29.6 Å². The van der Waals surface area contributed by atoms with Crippen LogP contribution in [0.2, 0.25) is 0 Å². The van der Waals surface area contributed by atoms with Crippen LogP contribution in [0.15, 0.2) is 42.5 Å². The summed E-state index contributed by atoms with van der Waals surface area (Å²) in [6.45, 7) is 0.748. The van der Waals surface area contributed by atoms with Gasteiger partial charge in [0.25, 0.3) is 11.8 Å². The average Bonchev–Trinajstić information content (AvgIpc) is 3.44. The molecule has 9 nitrogen and oxygen atoms in total. The molecule has 1 aromatic rings. The molecule has 4 rings (SSSR count). The van der Waals surface area contributed by atoms with Crippen molar-refractivity contribution in [3.63, 3.8) is 0 Å². The van der Waals surface area contributed by atoms with E-state index in [1.54, 1.807) is 30.3 Å². The summed E-state index contributed by atoms with van der Waals surface area (Å²) in [5, 5.41) is 0. The van der Waals surface area contributed by atoms with Crippen LogP contribution in [0.25, 0.3) is 0 Å². The van der Waals surface area contributed by atoms with Crippen molar-refractivity contribution in [2.75, 3.05) is 6.61 Å². The summed E-state index contributed by atoms with van der Waals surface area (Å²) in [7, 11) is 0. The van der Waals surface area contributed by atoms with Gasteiger partial charge in [-0.1, -0.05) is 30.4 Å². The fourth-order valence-corrected chi connectivity index (χ4v) is 4.49. The number of hydrogen-bond acceptors (Lipinski definition) is 6. The average molecular weight is 411 g/mol. The molecule has 1 saturated heterocycles. The molecule has 1 aliphatic heterocycles. The number of hydrogen-bond donors (Lipinski definition) is 2. The van der Waals surface area contributed by atoms with Crippen LogP contribution in [0.4, 0.5) is 0 Å². The largest absolute Gasteiger partial charge is 0.454 e. The maximum atomic E-state index is 12.7. The molecule has 4 amide bonds. The molecule has 0 spiro atoms. The van der Waals surface area contributed by atoms with E-state index >= 15 is 0 Å². The molecule has 2 fully saturated rings. The number of allylic oxidation sites excluding steroid dienone is 2. The highest BCUT2D eigenvalue weighted by Crippen LogP contribution is 2.52.